The summed E-state index contributed by atoms with van der Waals surface area (Å²) in [6, 6.07) is 13.6. The van der Waals surface area contributed by atoms with Crippen molar-refractivity contribution in [3.05, 3.63) is 75.2 Å². The molecule has 7 heteroatoms. The maximum absolute atomic E-state index is 12.8. The molecule has 1 heterocycles. The predicted octanol–water partition coefficient (Wildman–Crippen LogP) is 6.31. The SMILES string of the molecule is CCCCCCCCCCCCCCOc1ccc(CC(=O)Nc2ccccc2C[n+]2ccsc2C)c(Cl)c1.[Br-]. The Morgan fingerprint density at radius 3 is 2.17 bits per heavy atom. The molecule has 1 amide bonds. The molecule has 0 aliphatic heterocycles. The number of nitrogens with zero attached hydrogens (tertiary/aromatic N) is 1. The van der Waals surface area contributed by atoms with Gasteiger partial charge in [0.2, 0.25) is 10.9 Å². The fourth-order valence-corrected chi connectivity index (χ4v) is 5.67. The third-order valence-electron chi connectivity index (χ3n) is 7.16. The number of anilines is 1. The number of thiazole rings is 1. The zero-order valence-corrected chi connectivity index (χ0v) is 27.4. The first-order valence-corrected chi connectivity index (χ1v) is 16.0. The van der Waals surface area contributed by atoms with Crippen molar-refractivity contribution in [2.75, 3.05) is 11.9 Å². The largest absolute Gasteiger partial charge is 1.00 e. The number of carbonyl (C=O) groups is 1. The van der Waals surface area contributed by atoms with E-state index in [-0.39, 0.29) is 29.3 Å². The fourth-order valence-electron chi connectivity index (χ4n) is 4.76. The van der Waals surface area contributed by atoms with Gasteiger partial charge in [-0.1, -0.05) is 125 Å². The minimum atomic E-state index is -0.0819. The second-order valence-electron chi connectivity index (χ2n) is 10.4. The Labute approximate surface area is 261 Å². The van der Waals surface area contributed by atoms with Crippen LogP contribution in [0.3, 0.4) is 0 Å². The normalized spacial score (nSPS) is 10.8. The number of benzene rings is 2. The molecule has 0 atom stereocenters. The summed E-state index contributed by atoms with van der Waals surface area (Å²) >= 11 is 8.23. The van der Waals surface area contributed by atoms with Crippen molar-refractivity contribution in [1.29, 1.82) is 0 Å². The standard InChI is InChI=1S/C33H45ClN2O2S.BrH/c1-3-4-5-6-7-8-9-10-11-12-13-16-22-38-30-20-19-28(31(34)25-30)24-33(37)35-32-18-15-14-17-29(32)26-36-21-23-39-27(36)2;/h14-15,17-21,23,25H,3-13,16,22,24,26H2,1-2H3;1H. The molecule has 40 heavy (non-hydrogen) atoms. The Kier molecular flexibility index (Phi) is 17.2. The highest BCUT2D eigenvalue weighted by atomic mass is 79.9. The third kappa shape index (κ3) is 12.7. The molecule has 1 N–H and O–H groups in total. The number of aryl methyl sites for hydroxylation is 1. The molecule has 0 fully saturated rings. The molecule has 0 unspecified atom stereocenters. The summed E-state index contributed by atoms with van der Waals surface area (Å²) in [7, 11) is 0. The maximum atomic E-state index is 12.8. The van der Waals surface area contributed by atoms with Crippen LogP contribution in [-0.4, -0.2) is 12.5 Å². The number of rotatable bonds is 19. The number of amides is 1. The van der Waals surface area contributed by atoms with E-state index in [0.717, 1.165) is 35.5 Å². The van der Waals surface area contributed by atoms with Gasteiger partial charge in [-0.2, -0.15) is 4.57 Å². The number of unbranched alkanes of at least 4 members (excludes halogenated alkanes) is 11. The van der Waals surface area contributed by atoms with Crippen LogP contribution in [0.4, 0.5) is 5.69 Å². The molecule has 0 aliphatic rings. The molecule has 0 aliphatic carbocycles. The fraction of sp³-hybridized carbons (Fsp3) is 0.515. The summed E-state index contributed by atoms with van der Waals surface area (Å²) in [6.07, 6.45) is 18.2. The minimum Gasteiger partial charge on any atom is -1.00 e. The van der Waals surface area contributed by atoms with Gasteiger partial charge in [-0.25, -0.2) is 0 Å². The number of nitrogens with one attached hydrogen (secondary N) is 1. The molecule has 1 aromatic heterocycles. The van der Waals surface area contributed by atoms with Crippen LogP contribution in [0.5, 0.6) is 5.75 Å². The first kappa shape index (κ1) is 34.3. The van der Waals surface area contributed by atoms with E-state index in [9.17, 15) is 4.79 Å². The van der Waals surface area contributed by atoms with E-state index in [2.05, 4.69) is 41.4 Å². The van der Waals surface area contributed by atoms with Crippen LogP contribution in [0.25, 0.3) is 0 Å². The van der Waals surface area contributed by atoms with Crippen molar-refractivity contribution in [2.24, 2.45) is 0 Å². The minimum absolute atomic E-state index is 0. The molecule has 3 aromatic rings. The van der Waals surface area contributed by atoms with Gasteiger partial charge in [0, 0.05) is 17.5 Å². The first-order valence-electron chi connectivity index (χ1n) is 14.8. The van der Waals surface area contributed by atoms with E-state index in [1.54, 1.807) is 11.3 Å². The average molecular weight is 650 g/mol. The Bertz CT molecular complexity index is 1140. The number of hydrogen-bond donors (Lipinski definition) is 1. The monoisotopic (exact) mass is 648 g/mol. The van der Waals surface area contributed by atoms with Gasteiger partial charge in [0.05, 0.1) is 24.1 Å². The number of ether oxygens (including phenoxy) is 1. The molecule has 0 saturated heterocycles. The molecule has 0 bridgehead atoms. The van der Waals surface area contributed by atoms with Crippen molar-refractivity contribution in [3.63, 3.8) is 0 Å². The second kappa shape index (κ2) is 20.1. The number of para-hydroxylation sites is 1. The van der Waals surface area contributed by atoms with Crippen LogP contribution < -0.4 is 31.6 Å². The zero-order valence-electron chi connectivity index (χ0n) is 24.2. The van der Waals surface area contributed by atoms with Crippen molar-refractivity contribution < 1.29 is 31.1 Å². The molecule has 0 spiro atoms. The highest BCUT2D eigenvalue weighted by Gasteiger charge is 2.14. The first-order chi connectivity index (χ1) is 19.1. The van der Waals surface area contributed by atoms with Crippen LogP contribution in [0.2, 0.25) is 5.02 Å². The van der Waals surface area contributed by atoms with Crippen LogP contribution in [-0.2, 0) is 17.8 Å². The van der Waals surface area contributed by atoms with Gasteiger partial charge in [0.15, 0.2) is 12.7 Å². The van der Waals surface area contributed by atoms with Gasteiger partial charge in [0.1, 0.15) is 5.75 Å². The van der Waals surface area contributed by atoms with Gasteiger partial charge >= 0.3 is 0 Å². The van der Waals surface area contributed by atoms with Gasteiger partial charge in [-0.3, -0.25) is 4.79 Å². The zero-order chi connectivity index (χ0) is 27.7. The van der Waals surface area contributed by atoms with Gasteiger partial charge in [0.25, 0.3) is 0 Å². The summed E-state index contributed by atoms with van der Waals surface area (Å²) in [5.74, 6) is 0.683. The third-order valence-corrected chi connectivity index (χ3v) is 8.34. The van der Waals surface area contributed by atoms with Gasteiger partial charge < -0.3 is 27.0 Å². The highest BCUT2D eigenvalue weighted by molar-refractivity contribution is 7.09. The molecule has 0 radical (unpaired) electrons. The van der Waals surface area contributed by atoms with E-state index in [4.69, 9.17) is 16.3 Å². The van der Waals surface area contributed by atoms with Crippen LogP contribution in [0, 0.1) is 6.92 Å². The smallest absolute Gasteiger partial charge is 0.234 e. The average Bonchev–Trinajstić information content (AvgIpc) is 3.33. The number of aromatic nitrogens is 1. The lowest BCUT2D eigenvalue weighted by atomic mass is 10.1. The lowest BCUT2D eigenvalue weighted by Crippen LogP contribution is -3.00. The topological polar surface area (TPSA) is 42.2 Å². The van der Waals surface area contributed by atoms with Gasteiger partial charge in [-0.05, 0) is 30.2 Å². The lowest BCUT2D eigenvalue weighted by molar-refractivity contribution is -0.689. The van der Waals surface area contributed by atoms with E-state index < -0.39 is 0 Å². The molecular formula is C33H46BrClN2O2S. The number of halogens is 2. The van der Waals surface area contributed by atoms with E-state index in [0.29, 0.717) is 11.6 Å². The molecule has 220 valence electrons. The van der Waals surface area contributed by atoms with E-state index in [1.807, 2.05) is 36.4 Å². The predicted molar refractivity (Wildman–Crippen MR) is 165 cm³/mol. The molecule has 0 saturated carbocycles. The highest BCUT2D eigenvalue weighted by Crippen LogP contribution is 2.24. The van der Waals surface area contributed by atoms with Gasteiger partial charge in [-0.15, -0.1) is 0 Å². The molecular weight excluding hydrogens is 604 g/mol. The van der Waals surface area contributed by atoms with Crippen molar-refractivity contribution in [2.45, 2.75) is 104 Å². The summed E-state index contributed by atoms with van der Waals surface area (Å²) in [5, 5.41) is 6.94. The van der Waals surface area contributed by atoms with Crippen LogP contribution in [0.1, 0.15) is 100 Å². The second-order valence-corrected chi connectivity index (χ2v) is 11.9. The maximum Gasteiger partial charge on any atom is 0.234 e. The van der Waals surface area contributed by atoms with Crippen molar-refractivity contribution in [1.82, 2.24) is 0 Å². The molecule has 4 nitrogen and oxygen atoms in total. The molecule has 3 rings (SSSR count). The Hall–Kier alpha value is -1.89. The lowest BCUT2D eigenvalue weighted by Gasteiger charge is -2.11. The Balaban J connectivity index is 0.00000560. The summed E-state index contributed by atoms with van der Waals surface area (Å²) in [5.41, 5.74) is 2.71. The van der Waals surface area contributed by atoms with Crippen molar-refractivity contribution in [3.8, 4) is 5.75 Å². The van der Waals surface area contributed by atoms with Crippen LogP contribution in [0.15, 0.2) is 54.0 Å². The molecule has 2 aromatic carbocycles. The summed E-state index contributed by atoms with van der Waals surface area (Å²) in [4.78, 5) is 12.8. The van der Waals surface area contributed by atoms with E-state index >= 15 is 0 Å². The Morgan fingerprint density at radius 1 is 0.900 bits per heavy atom. The van der Waals surface area contributed by atoms with Crippen molar-refractivity contribution >= 4 is 34.5 Å². The number of carbonyl (C=O) groups excluding carboxylic acids is 1. The Morgan fingerprint density at radius 2 is 1.55 bits per heavy atom. The number of hydrogen-bond acceptors (Lipinski definition) is 3. The quantitative estimate of drug-likeness (QED) is 0.122. The van der Waals surface area contributed by atoms with E-state index in [1.165, 1.54) is 75.6 Å². The summed E-state index contributed by atoms with van der Waals surface area (Å²) < 4.78 is 8.11. The van der Waals surface area contributed by atoms with Crippen LogP contribution >= 0.6 is 22.9 Å². The summed E-state index contributed by atoms with van der Waals surface area (Å²) in [6.45, 7) is 5.79.